The lowest BCUT2D eigenvalue weighted by atomic mass is 9.83. The topological polar surface area (TPSA) is 38.3 Å². The normalized spacial score (nSPS) is 28.5. The summed E-state index contributed by atoms with van der Waals surface area (Å²) in [5, 5.41) is 3.46. The van der Waals surface area contributed by atoms with E-state index in [9.17, 15) is 4.79 Å². The van der Waals surface area contributed by atoms with E-state index in [-0.39, 0.29) is 11.6 Å². The van der Waals surface area contributed by atoms with E-state index in [1.54, 1.807) is 0 Å². The standard InChI is InChI=1S/C14H23NO2/c1-14(2,3)17-13(16)7-12-6-10-4-5-11(12)9-15-8-10/h6,10-11,15H,4-5,7-9H2,1-3H3. The molecular formula is C14H23NO2. The first-order valence-electron chi connectivity index (χ1n) is 6.57. The first-order chi connectivity index (χ1) is 7.94. The Morgan fingerprint density at radius 3 is 2.88 bits per heavy atom. The zero-order chi connectivity index (χ0) is 12.5. The highest BCUT2D eigenvalue weighted by Crippen LogP contribution is 2.32. The maximum atomic E-state index is 11.8. The van der Waals surface area contributed by atoms with Crippen LogP contribution in [0.4, 0.5) is 0 Å². The van der Waals surface area contributed by atoms with Crippen molar-refractivity contribution >= 4 is 5.97 Å². The lowest BCUT2D eigenvalue weighted by Crippen LogP contribution is -2.26. The van der Waals surface area contributed by atoms with Gasteiger partial charge in [0.05, 0.1) is 6.42 Å². The van der Waals surface area contributed by atoms with Crippen LogP contribution in [0.25, 0.3) is 0 Å². The lowest BCUT2D eigenvalue weighted by molar-refractivity contribution is -0.154. The van der Waals surface area contributed by atoms with Gasteiger partial charge in [-0.2, -0.15) is 0 Å². The minimum absolute atomic E-state index is 0.0868. The quantitative estimate of drug-likeness (QED) is 0.591. The van der Waals surface area contributed by atoms with Gasteiger partial charge in [0, 0.05) is 13.1 Å². The van der Waals surface area contributed by atoms with Gasteiger partial charge in [-0.15, -0.1) is 0 Å². The van der Waals surface area contributed by atoms with Gasteiger partial charge in [-0.25, -0.2) is 0 Å². The SMILES string of the molecule is CC(C)(C)OC(=O)CC1=CC2CCC1CNC2. The number of hydrogen-bond donors (Lipinski definition) is 1. The van der Waals surface area contributed by atoms with Gasteiger partial charge in [0.2, 0.25) is 0 Å². The molecule has 1 saturated heterocycles. The summed E-state index contributed by atoms with van der Waals surface area (Å²) in [7, 11) is 0. The maximum Gasteiger partial charge on any atom is 0.310 e. The number of fused-ring (bicyclic) bond motifs is 3. The molecular weight excluding hydrogens is 214 g/mol. The van der Waals surface area contributed by atoms with Crippen molar-refractivity contribution in [2.24, 2.45) is 11.8 Å². The minimum Gasteiger partial charge on any atom is -0.460 e. The predicted octanol–water partition coefficient (Wildman–Crippen LogP) is 2.27. The number of nitrogens with one attached hydrogen (secondary N) is 1. The maximum absolute atomic E-state index is 11.8. The molecule has 2 heterocycles. The molecule has 2 aliphatic heterocycles. The Morgan fingerprint density at radius 1 is 1.41 bits per heavy atom. The third-order valence-corrected chi connectivity index (χ3v) is 3.43. The van der Waals surface area contributed by atoms with E-state index < -0.39 is 0 Å². The van der Waals surface area contributed by atoms with Crippen LogP contribution in [-0.4, -0.2) is 24.7 Å². The van der Waals surface area contributed by atoms with Crippen LogP contribution in [0.5, 0.6) is 0 Å². The van der Waals surface area contributed by atoms with E-state index in [4.69, 9.17) is 4.74 Å². The molecule has 0 amide bonds. The molecule has 0 saturated carbocycles. The number of esters is 1. The van der Waals surface area contributed by atoms with Gasteiger partial charge < -0.3 is 10.1 Å². The van der Waals surface area contributed by atoms with Gasteiger partial charge in [0.1, 0.15) is 5.60 Å². The summed E-state index contributed by atoms with van der Waals surface area (Å²) in [5.41, 5.74) is 0.917. The van der Waals surface area contributed by atoms with Crippen molar-refractivity contribution in [1.82, 2.24) is 5.32 Å². The molecule has 1 aliphatic carbocycles. The monoisotopic (exact) mass is 237 g/mol. The van der Waals surface area contributed by atoms with Gasteiger partial charge in [0.15, 0.2) is 0 Å². The number of carbonyl (C=O) groups is 1. The second-order valence-electron chi connectivity index (χ2n) is 6.20. The van der Waals surface area contributed by atoms with Crippen molar-refractivity contribution in [2.45, 2.75) is 45.6 Å². The summed E-state index contributed by atoms with van der Waals surface area (Å²) in [4.78, 5) is 11.8. The van der Waals surface area contributed by atoms with Crippen molar-refractivity contribution < 1.29 is 9.53 Å². The van der Waals surface area contributed by atoms with Crippen molar-refractivity contribution in [3.8, 4) is 0 Å². The van der Waals surface area contributed by atoms with Crippen LogP contribution < -0.4 is 5.32 Å². The third-order valence-electron chi connectivity index (χ3n) is 3.43. The summed E-state index contributed by atoms with van der Waals surface area (Å²) >= 11 is 0. The molecule has 2 bridgehead atoms. The molecule has 0 aromatic heterocycles. The molecule has 0 aromatic rings. The Labute approximate surface area is 104 Å². The second-order valence-corrected chi connectivity index (χ2v) is 6.20. The molecule has 0 radical (unpaired) electrons. The van der Waals surface area contributed by atoms with Crippen LogP contribution in [0.3, 0.4) is 0 Å². The number of rotatable bonds is 2. The van der Waals surface area contributed by atoms with Gasteiger partial charge >= 0.3 is 5.97 Å². The van der Waals surface area contributed by atoms with E-state index in [0.29, 0.717) is 18.3 Å². The Morgan fingerprint density at radius 2 is 2.18 bits per heavy atom. The molecule has 0 spiro atoms. The first kappa shape index (κ1) is 12.6. The first-order valence-corrected chi connectivity index (χ1v) is 6.57. The molecule has 1 N–H and O–H groups in total. The Balaban J connectivity index is 1.97. The Hall–Kier alpha value is -0.830. The smallest absolute Gasteiger partial charge is 0.310 e. The fourth-order valence-corrected chi connectivity index (χ4v) is 2.71. The molecule has 0 aromatic carbocycles. The molecule has 1 fully saturated rings. The van der Waals surface area contributed by atoms with Gasteiger partial charge in [0.25, 0.3) is 0 Å². The molecule has 3 heteroatoms. The van der Waals surface area contributed by atoms with Crippen molar-refractivity contribution in [3.05, 3.63) is 11.6 Å². The fourth-order valence-electron chi connectivity index (χ4n) is 2.71. The van der Waals surface area contributed by atoms with Gasteiger partial charge in [-0.1, -0.05) is 11.6 Å². The van der Waals surface area contributed by atoms with Crippen molar-refractivity contribution in [2.75, 3.05) is 13.1 Å². The van der Waals surface area contributed by atoms with Gasteiger partial charge in [-0.05, 0) is 45.4 Å². The second kappa shape index (κ2) is 4.81. The Bertz CT molecular complexity index is 324. The van der Waals surface area contributed by atoms with E-state index in [1.807, 2.05) is 20.8 Å². The molecule has 96 valence electrons. The molecule has 17 heavy (non-hydrogen) atoms. The number of ether oxygens (including phenoxy) is 1. The van der Waals surface area contributed by atoms with E-state index >= 15 is 0 Å². The summed E-state index contributed by atoms with van der Waals surface area (Å²) in [5.74, 6) is 1.07. The van der Waals surface area contributed by atoms with Crippen molar-refractivity contribution in [1.29, 1.82) is 0 Å². The van der Waals surface area contributed by atoms with E-state index in [1.165, 1.54) is 18.4 Å². The van der Waals surface area contributed by atoms with Crippen LogP contribution in [0.1, 0.15) is 40.0 Å². The highest BCUT2D eigenvalue weighted by molar-refractivity contribution is 5.73. The summed E-state index contributed by atoms with van der Waals surface area (Å²) in [6, 6.07) is 0. The van der Waals surface area contributed by atoms with Crippen LogP contribution >= 0.6 is 0 Å². The largest absolute Gasteiger partial charge is 0.460 e. The van der Waals surface area contributed by atoms with E-state index in [2.05, 4.69) is 11.4 Å². The number of hydrogen-bond acceptors (Lipinski definition) is 3. The zero-order valence-electron chi connectivity index (χ0n) is 11.1. The summed E-state index contributed by atoms with van der Waals surface area (Å²) < 4.78 is 5.39. The summed E-state index contributed by atoms with van der Waals surface area (Å²) in [6.45, 7) is 7.83. The molecule has 3 rings (SSSR count). The minimum atomic E-state index is -0.375. The molecule has 2 atom stereocenters. The highest BCUT2D eigenvalue weighted by atomic mass is 16.6. The molecule has 2 unspecified atom stereocenters. The van der Waals surface area contributed by atoms with Crippen LogP contribution in [0, 0.1) is 11.8 Å². The summed E-state index contributed by atoms with van der Waals surface area (Å²) in [6.07, 6.45) is 5.25. The van der Waals surface area contributed by atoms with E-state index in [0.717, 1.165) is 13.1 Å². The van der Waals surface area contributed by atoms with Crippen molar-refractivity contribution in [3.63, 3.8) is 0 Å². The average Bonchev–Trinajstić information content (AvgIpc) is 2.48. The zero-order valence-corrected chi connectivity index (χ0v) is 11.1. The highest BCUT2D eigenvalue weighted by Gasteiger charge is 2.28. The molecule has 3 aliphatic rings. The fraction of sp³-hybridized carbons (Fsp3) is 0.786. The lowest BCUT2D eigenvalue weighted by Gasteiger charge is -2.25. The van der Waals surface area contributed by atoms with Gasteiger partial charge in [-0.3, -0.25) is 4.79 Å². The molecule has 3 nitrogen and oxygen atoms in total. The third kappa shape index (κ3) is 3.56. The number of carbonyl (C=O) groups excluding carboxylic acids is 1. The Kier molecular flexibility index (Phi) is 3.57. The van der Waals surface area contributed by atoms with Crippen LogP contribution in [-0.2, 0) is 9.53 Å². The van der Waals surface area contributed by atoms with Crippen LogP contribution in [0.2, 0.25) is 0 Å². The average molecular weight is 237 g/mol. The predicted molar refractivity (Wildman–Crippen MR) is 67.6 cm³/mol. The van der Waals surface area contributed by atoms with Crippen LogP contribution in [0.15, 0.2) is 11.6 Å².